The van der Waals surface area contributed by atoms with Gasteiger partial charge in [0, 0.05) is 42.1 Å². The number of carbonyl (C=O) groups is 2. The lowest BCUT2D eigenvalue weighted by Crippen LogP contribution is -2.27. The summed E-state index contributed by atoms with van der Waals surface area (Å²) in [5.74, 6) is -0.303. The van der Waals surface area contributed by atoms with Gasteiger partial charge in [-0.05, 0) is 48.9 Å². The maximum Gasteiger partial charge on any atom is 0.255 e. The predicted octanol–water partition coefficient (Wildman–Crippen LogP) is 4.30. The van der Waals surface area contributed by atoms with Crippen LogP contribution >= 0.6 is 0 Å². The van der Waals surface area contributed by atoms with Crippen LogP contribution in [0.15, 0.2) is 42.5 Å². The number of amides is 2. The van der Waals surface area contributed by atoms with E-state index < -0.39 is 5.41 Å². The Hall–Kier alpha value is -2.82. The number of rotatable bonds is 4. The van der Waals surface area contributed by atoms with Gasteiger partial charge in [-0.1, -0.05) is 26.8 Å². The molecule has 0 unspecified atom stereocenters. The van der Waals surface area contributed by atoms with Gasteiger partial charge >= 0.3 is 0 Å². The third kappa shape index (κ3) is 4.85. The van der Waals surface area contributed by atoms with E-state index >= 15 is 0 Å². The zero-order valence-corrected chi connectivity index (χ0v) is 16.3. The quantitative estimate of drug-likeness (QED) is 0.861. The van der Waals surface area contributed by atoms with Crippen molar-refractivity contribution < 1.29 is 9.59 Å². The molecule has 0 heterocycles. The van der Waals surface area contributed by atoms with Crippen LogP contribution in [0.3, 0.4) is 0 Å². The maximum absolute atomic E-state index is 12.6. The number of anilines is 3. The summed E-state index contributed by atoms with van der Waals surface area (Å²) < 4.78 is 0. The lowest BCUT2D eigenvalue weighted by atomic mass is 9.95. The molecule has 2 amide bonds. The van der Waals surface area contributed by atoms with Gasteiger partial charge in [-0.3, -0.25) is 9.59 Å². The number of hydrogen-bond acceptors (Lipinski definition) is 3. The van der Waals surface area contributed by atoms with Crippen LogP contribution in [0.2, 0.25) is 0 Å². The van der Waals surface area contributed by atoms with E-state index in [0.717, 1.165) is 16.9 Å². The van der Waals surface area contributed by atoms with Crippen LogP contribution < -0.4 is 15.5 Å². The lowest BCUT2D eigenvalue weighted by molar-refractivity contribution is -0.123. The van der Waals surface area contributed by atoms with Gasteiger partial charge < -0.3 is 15.5 Å². The molecule has 2 N–H and O–H groups in total. The van der Waals surface area contributed by atoms with Crippen LogP contribution in [0, 0.1) is 12.3 Å². The van der Waals surface area contributed by atoms with Crippen molar-refractivity contribution in [2.45, 2.75) is 27.7 Å². The number of benzene rings is 2. The van der Waals surface area contributed by atoms with Crippen LogP contribution in [-0.4, -0.2) is 25.9 Å². The van der Waals surface area contributed by atoms with E-state index in [0.29, 0.717) is 11.3 Å². The first-order valence-corrected chi connectivity index (χ1v) is 8.59. The van der Waals surface area contributed by atoms with Crippen molar-refractivity contribution in [3.05, 3.63) is 53.6 Å². The maximum atomic E-state index is 12.6. The molecule has 0 saturated carbocycles. The Bertz CT molecular complexity index is 820. The number of aryl methyl sites for hydroxylation is 1. The number of hydrogen-bond donors (Lipinski definition) is 2. The van der Waals surface area contributed by atoms with Crippen molar-refractivity contribution in [1.29, 1.82) is 0 Å². The van der Waals surface area contributed by atoms with Gasteiger partial charge in [0.25, 0.3) is 5.91 Å². The van der Waals surface area contributed by atoms with Crippen molar-refractivity contribution in [2.75, 3.05) is 29.6 Å². The Labute approximate surface area is 155 Å². The van der Waals surface area contributed by atoms with Crippen molar-refractivity contribution in [3.8, 4) is 0 Å². The Morgan fingerprint density at radius 2 is 1.65 bits per heavy atom. The Kier molecular flexibility index (Phi) is 5.70. The second kappa shape index (κ2) is 7.60. The van der Waals surface area contributed by atoms with Crippen molar-refractivity contribution in [2.24, 2.45) is 5.41 Å². The average Bonchev–Trinajstić information content (AvgIpc) is 2.55. The summed E-state index contributed by atoms with van der Waals surface area (Å²) in [4.78, 5) is 26.7. The topological polar surface area (TPSA) is 61.4 Å². The molecule has 2 aromatic rings. The summed E-state index contributed by atoms with van der Waals surface area (Å²) in [5, 5.41) is 5.78. The fourth-order valence-electron chi connectivity index (χ4n) is 2.32. The largest absolute Gasteiger partial charge is 0.378 e. The average molecular weight is 353 g/mol. The van der Waals surface area contributed by atoms with Gasteiger partial charge in [0.2, 0.25) is 5.91 Å². The van der Waals surface area contributed by atoms with E-state index in [1.54, 1.807) is 24.3 Å². The second-order valence-electron chi connectivity index (χ2n) is 7.63. The van der Waals surface area contributed by atoms with E-state index in [9.17, 15) is 9.59 Å². The minimum absolute atomic E-state index is 0.0924. The summed E-state index contributed by atoms with van der Waals surface area (Å²) in [6.45, 7) is 7.50. The highest BCUT2D eigenvalue weighted by Crippen LogP contribution is 2.23. The number of nitrogens with zero attached hydrogens (tertiary/aromatic N) is 1. The summed E-state index contributed by atoms with van der Waals surface area (Å²) in [6.07, 6.45) is 0. The fraction of sp³-hybridized carbons (Fsp3) is 0.333. The van der Waals surface area contributed by atoms with E-state index in [1.165, 1.54) is 0 Å². The molecular formula is C21H27N3O2. The summed E-state index contributed by atoms with van der Waals surface area (Å²) >= 11 is 0. The first-order valence-electron chi connectivity index (χ1n) is 8.59. The highest BCUT2D eigenvalue weighted by atomic mass is 16.2. The molecule has 0 aromatic heterocycles. The van der Waals surface area contributed by atoms with Gasteiger partial charge in [0.05, 0.1) is 0 Å². The van der Waals surface area contributed by atoms with Gasteiger partial charge in [0.15, 0.2) is 0 Å². The highest BCUT2D eigenvalue weighted by Gasteiger charge is 2.21. The van der Waals surface area contributed by atoms with E-state index in [1.807, 2.05) is 64.9 Å². The van der Waals surface area contributed by atoms with Crippen LogP contribution in [-0.2, 0) is 4.79 Å². The van der Waals surface area contributed by atoms with Crippen LogP contribution in [0.4, 0.5) is 17.1 Å². The molecule has 0 aliphatic carbocycles. The molecule has 0 spiro atoms. The molecule has 0 atom stereocenters. The van der Waals surface area contributed by atoms with E-state index in [-0.39, 0.29) is 11.8 Å². The third-order valence-electron chi connectivity index (χ3n) is 4.04. The summed E-state index contributed by atoms with van der Waals surface area (Å²) in [6, 6.07) is 12.8. The molecule has 0 fully saturated rings. The zero-order chi connectivity index (χ0) is 19.5. The van der Waals surface area contributed by atoms with Crippen LogP contribution in [0.25, 0.3) is 0 Å². The SMILES string of the molecule is Cc1cc(N(C)C)ccc1NC(=O)c1cccc(NC(=O)C(C)(C)C)c1. The Morgan fingerprint density at radius 3 is 2.23 bits per heavy atom. The summed E-state index contributed by atoms with van der Waals surface area (Å²) in [7, 11) is 3.95. The van der Waals surface area contributed by atoms with Gasteiger partial charge in [-0.15, -0.1) is 0 Å². The molecule has 0 radical (unpaired) electrons. The molecule has 26 heavy (non-hydrogen) atoms. The molecule has 5 heteroatoms. The molecule has 2 aromatic carbocycles. The zero-order valence-electron chi connectivity index (χ0n) is 16.3. The standard InChI is InChI=1S/C21H27N3O2/c1-14-12-17(24(5)6)10-11-18(14)23-19(25)15-8-7-9-16(13-15)22-20(26)21(2,3)4/h7-13H,1-6H3,(H,22,26)(H,23,25). The van der Waals surface area contributed by atoms with Crippen molar-refractivity contribution in [1.82, 2.24) is 0 Å². The van der Waals surface area contributed by atoms with E-state index in [4.69, 9.17) is 0 Å². The first kappa shape index (κ1) is 19.5. The Morgan fingerprint density at radius 1 is 0.962 bits per heavy atom. The molecule has 2 rings (SSSR count). The van der Waals surface area contributed by atoms with Crippen molar-refractivity contribution in [3.63, 3.8) is 0 Å². The lowest BCUT2D eigenvalue weighted by Gasteiger charge is -2.18. The van der Waals surface area contributed by atoms with Crippen LogP contribution in [0.5, 0.6) is 0 Å². The molecule has 5 nitrogen and oxygen atoms in total. The molecule has 0 saturated heterocycles. The fourth-order valence-corrected chi connectivity index (χ4v) is 2.32. The minimum atomic E-state index is -0.496. The molecule has 0 bridgehead atoms. The highest BCUT2D eigenvalue weighted by molar-refractivity contribution is 6.06. The number of nitrogens with one attached hydrogen (secondary N) is 2. The van der Waals surface area contributed by atoms with Gasteiger partial charge in [0.1, 0.15) is 0 Å². The monoisotopic (exact) mass is 353 g/mol. The molecule has 0 aliphatic heterocycles. The normalized spacial score (nSPS) is 11.0. The van der Waals surface area contributed by atoms with Gasteiger partial charge in [-0.2, -0.15) is 0 Å². The predicted molar refractivity (Wildman–Crippen MR) is 108 cm³/mol. The Balaban J connectivity index is 2.15. The second-order valence-corrected chi connectivity index (χ2v) is 7.63. The van der Waals surface area contributed by atoms with Crippen LogP contribution in [0.1, 0.15) is 36.7 Å². The summed E-state index contributed by atoms with van der Waals surface area (Å²) in [5.41, 5.74) is 3.44. The van der Waals surface area contributed by atoms with E-state index in [2.05, 4.69) is 10.6 Å². The third-order valence-corrected chi connectivity index (χ3v) is 4.04. The molecule has 138 valence electrons. The molecule has 0 aliphatic rings. The minimum Gasteiger partial charge on any atom is -0.378 e. The van der Waals surface area contributed by atoms with Crippen molar-refractivity contribution >= 4 is 28.9 Å². The van der Waals surface area contributed by atoms with Gasteiger partial charge in [-0.25, -0.2) is 0 Å². The number of carbonyl (C=O) groups excluding carboxylic acids is 2. The molecular weight excluding hydrogens is 326 g/mol. The smallest absolute Gasteiger partial charge is 0.255 e. The first-order chi connectivity index (χ1) is 12.1.